The highest BCUT2D eigenvalue weighted by Gasteiger charge is 2.29. The van der Waals surface area contributed by atoms with E-state index in [2.05, 4.69) is 0 Å². The van der Waals surface area contributed by atoms with E-state index >= 15 is 0 Å². The Morgan fingerprint density at radius 2 is 2.26 bits per heavy atom. The van der Waals surface area contributed by atoms with Gasteiger partial charge in [-0.2, -0.15) is 0 Å². The summed E-state index contributed by atoms with van der Waals surface area (Å²) in [6, 6.07) is 5.47. The van der Waals surface area contributed by atoms with Gasteiger partial charge in [-0.3, -0.25) is 4.79 Å². The van der Waals surface area contributed by atoms with Gasteiger partial charge in [-0.15, -0.1) is 0 Å². The second kappa shape index (κ2) is 5.80. The third-order valence-corrected chi connectivity index (χ3v) is 3.54. The van der Waals surface area contributed by atoms with Gasteiger partial charge in [0.05, 0.1) is 0 Å². The van der Waals surface area contributed by atoms with Crippen molar-refractivity contribution >= 4 is 17.5 Å². The highest BCUT2D eigenvalue weighted by Crippen LogP contribution is 2.28. The second-order valence-electron chi connectivity index (χ2n) is 5.00. The molecule has 1 amide bonds. The van der Waals surface area contributed by atoms with Crippen molar-refractivity contribution in [3.63, 3.8) is 0 Å². The minimum Gasteiger partial charge on any atom is -0.483 e. The molecule has 104 valence electrons. The van der Waals surface area contributed by atoms with Gasteiger partial charge >= 0.3 is 0 Å². The van der Waals surface area contributed by atoms with Gasteiger partial charge in [0.25, 0.3) is 5.91 Å². The summed E-state index contributed by atoms with van der Waals surface area (Å²) in [5.74, 6) is 0.616. The third kappa shape index (κ3) is 3.61. The zero-order chi connectivity index (χ0) is 14.0. The molecule has 19 heavy (non-hydrogen) atoms. The largest absolute Gasteiger partial charge is 0.483 e. The molecule has 1 aliphatic carbocycles. The SMILES string of the molecule is C[C@H](N)c1cc(Cl)ccc1OCC(=O)N(C)C1CC1. The van der Waals surface area contributed by atoms with Crippen LogP contribution in [0.25, 0.3) is 0 Å². The maximum absolute atomic E-state index is 11.9. The molecule has 1 aromatic carbocycles. The molecule has 0 saturated heterocycles. The van der Waals surface area contributed by atoms with E-state index in [1.54, 1.807) is 23.1 Å². The van der Waals surface area contributed by atoms with Crippen molar-refractivity contribution in [1.29, 1.82) is 0 Å². The van der Waals surface area contributed by atoms with Gasteiger partial charge in [-0.05, 0) is 38.0 Å². The predicted octanol–water partition coefficient (Wildman–Crippen LogP) is 2.36. The molecular formula is C14H19ClN2O2. The summed E-state index contributed by atoms with van der Waals surface area (Å²) in [4.78, 5) is 13.6. The first-order chi connectivity index (χ1) is 8.99. The minimum atomic E-state index is -0.190. The summed E-state index contributed by atoms with van der Waals surface area (Å²) in [5.41, 5.74) is 6.69. The smallest absolute Gasteiger partial charge is 0.260 e. The molecule has 0 aromatic heterocycles. The van der Waals surface area contributed by atoms with Crippen LogP contribution in [-0.2, 0) is 4.79 Å². The summed E-state index contributed by atoms with van der Waals surface area (Å²) >= 11 is 5.94. The van der Waals surface area contributed by atoms with Gasteiger partial charge in [0.1, 0.15) is 5.75 Å². The number of rotatable bonds is 5. The van der Waals surface area contributed by atoms with Crippen molar-refractivity contribution in [3.8, 4) is 5.75 Å². The highest BCUT2D eigenvalue weighted by atomic mass is 35.5. The summed E-state index contributed by atoms with van der Waals surface area (Å²) in [7, 11) is 1.82. The molecule has 1 saturated carbocycles. The Labute approximate surface area is 118 Å². The average Bonchev–Trinajstić information content (AvgIpc) is 3.20. The lowest BCUT2D eigenvalue weighted by Crippen LogP contribution is -2.33. The zero-order valence-corrected chi connectivity index (χ0v) is 12.0. The molecule has 0 bridgehead atoms. The van der Waals surface area contributed by atoms with Crippen LogP contribution in [0.5, 0.6) is 5.75 Å². The van der Waals surface area contributed by atoms with Crippen LogP contribution in [0.15, 0.2) is 18.2 Å². The molecule has 2 N–H and O–H groups in total. The van der Waals surface area contributed by atoms with E-state index in [4.69, 9.17) is 22.1 Å². The van der Waals surface area contributed by atoms with Crippen LogP contribution in [-0.4, -0.2) is 30.5 Å². The Bertz CT molecular complexity index is 473. The molecule has 2 rings (SSSR count). The van der Waals surface area contributed by atoms with Gasteiger partial charge in [-0.25, -0.2) is 0 Å². The maximum Gasteiger partial charge on any atom is 0.260 e. The molecular weight excluding hydrogens is 264 g/mol. The summed E-state index contributed by atoms with van der Waals surface area (Å²) < 4.78 is 5.58. The number of ether oxygens (including phenoxy) is 1. The topological polar surface area (TPSA) is 55.6 Å². The summed E-state index contributed by atoms with van der Waals surface area (Å²) in [6.07, 6.45) is 2.18. The molecule has 1 atom stereocenters. The predicted molar refractivity (Wildman–Crippen MR) is 75.3 cm³/mol. The van der Waals surface area contributed by atoms with Crippen LogP contribution in [0.4, 0.5) is 0 Å². The van der Waals surface area contributed by atoms with Gasteiger partial charge in [0, 0.05) is 29.7 Å². The van der Waals surface area contributed by atoms with Crippen LogP contribution >= 0.6 is 11.6 Å². The van der Waals surface area contributed by atoms with Crippen LogP contribution in [0, 0.1) is 0 Å². The fraction of sp³-hybridized carbons (Fsp3) is 0.500. The standard InChI is InChI=1S/C14H19ClN2O2/c1-9(16)12-7-10(15)3-6-13(12)19-8-14(18)17(2)11-4-5-11/h3,6-7,9,11H,4-5,8,16H2,1-2H3/t9-/m0/s1. The number of carbonyl (C=O) groups excluding carboxylic acids is 1. The van der Waals surface area contributed by atoms with Crippen LogP contribution in [0.2, 0.25) is 5.02 Å². The normalized spacial score (nSPS) is 16.0. The van der Waals surface area contributed by atoms with E-state index in [0.29, 0.717) is 16.8 Å². The second-order valence-corrected chi connectivity index (χ2v) is 5.43. The number of benzene rings is 1. The average molecular weight is 283 g/mol. The minimum absolute atomic E-state index is 0.00641. The number of halogens is 1. The summed E-state index contributed by atoms with van der Waals surface area (Å²) in [5, 5.41) is 0.612. The van der Waals surface area contributed by atoms with E-state index in [1.165, 1.54) is 0 Å². The molecule has 5 heteroatoms. The number of carbonyl (C=O) groups is 1. The molecule has 0 radical (unpaired) electrons. The number of hydrogen-bond donors (Lipinski definition) is 1. The zero-order valence-electron chi connectivity index (χ0n) is 11.2. The molecule has 1 aliphatic rings. The number of amides is 1. The lowest BCUT2D eigenvalue weighted by Gasteiger charge is -2.18. The Hall–Kier alpha value is -1.26. The third-order valence-electron chi connectivity index (χ3n) is 3.30. The molecule has 0 heterocycles. The van der Waals surface area contributed by atoms with Crippen molar-refractivity contribution in [2.75, 3.05) is 13.7 Å². The number of hydrogen-bond acceptors (Lipinski definition) is 3. The van der Waals surface area contributed by atoms with Crippen LogP contribution in [0.1, 0.15) is 31.4 Å². The van der Waals surface area contributed by atoms with Gasteiger partial charge in [0.15, 0.2) is 6.61 Å². The first kappa shape index (κ1) is 14.2. The maximum atomic E-state index is 11.9. The molecule has 0 unspecified atom stereocenters. The molecule has 0 aliphatic heterocycles. The van der Waals surface area contributed by atoms with Crippen molar-refractivity contribution in [2.24, 2.45) is 5.73 Å². The Kier molecular flexibility index (Phi) is 4.32. The highest BCUT2D eigenvalue weighted by molar-refractivity contribution is 6.30. The van der Waals surface area contributed by atoms with Gasteiger partial charge in [-0.1, -0.05) is 11.6 Å². The van der Waals surface area contributed by atoms with E-state index < -0.39 is 0 Å². The lowest BCUT2D eigenvalue weighted by molar-refractivity contribution is -0.132. The fourth-order valence-electron chi connectivity index (χ4n) is 1.91. The van der Waals surface area contributed by atoms with Crippen LogP contribution < -0.4 is 10.5 Å². The van der Waals surface area contributed by atoms with Gasteiger partial charge in [0.2, 0.25) is 0 Å². The quantitative estimate of drug-likeness (QED) is 0.902. The van der Waals surface area contributed by atoms with Gasteiger partial charge < -0.3 is 15.4 Å². The number of nitrogens with zero attached hydrogens (tertiary/aromatic N) is 1. The number of nitrogens with two attached hydrogens (primary N) is 1. The van der Waals surface area contributed by atoms with E-state index in [1.807, 2.05) is 14.0 Å². The monoisotopic (exact) mass is 282 g/mol. The molecule has 4 nitrogen and oxygen atoms in total. The Morgan fingerprint density at radius 3 is 2.84 bits per heavy atom. The van der Waals surface area contributed by atoms with Crippen LogP contribution in [0.3, 0.4) is 0 Å². The molecule has 0 spiro atoms. The van der Waals surface area contributed by atoms with E-state index in [0.717, 1.165) is 18.4 Å². The Balaban J connectivity index is 2.00. The fourth-order valence-corrected chi connectivity index (χ4v) is 2.09. The summed E-state index contributed by atoms with van der Waals surface area (Å²) in [6.45, 7) is 1.89. The van der Waals surface area contributed by atoms with Crippen molar-refractivity contribution in [1.82, 2.24) is 4.90 Å². The Morgan fingerprint density at radius 1 is 1.58 bits per heavy atom. The van der Waals surface area contributed by atoms with E-state index in [9.17, 15) is 4.79 Å². The molecule has 1 aromatic rings. The first-order valence-corrected chi connectivity index (χ1v) is 6.80. The van der Waals surface area contributed by atoms with Crippen molar-refractivity contribution in [2.45, 2.75) is 31.8 Å². The molecule has 1 fully saturated rings. The van der Waals surface area contributed by atoms with E-state index in [-0.39, 0.29) is 18.6 Å². The number of likely N-dealkylation sites (N-methyl/N-ethyl adjacent to an activating group) is 1. The lowest BCUT2D eigenvalue weighted by atomic mass is 10.1. The van der Waals surface area contributed by atoms with Crippen molar-refractivity contribution < 1.29 is 9.53 Å². The first-order valence-electron chi connectivity index (χ1n) is 6.42. The van der Waals surface area contributed by atoms with Crippen molar-refractivity contribution in [3.05, 3.63) is 28.8 Å².